The number of rotatable bonds is 1. The van der Waals surface area contributed by atoms with E-state index in [2.05, 4.69) is 11.1 Å². The van der Waals surface area contributed by atoms with Gasteiger partial charge in [0.25, 0.3) is 5.91 Å². The first-order valence-electron chi connectivity index (χ1n) is 9.61. The molecule has 3 atom stereocenters. The number of guanidine groups is 1. The van der Waals surface area contributed by atoms with E-state index in [0.717, 1.165) is 24.0 Å². The number of ether oxygens (including phenoxy) is 2. The van der Waals surface area contributed by atoms with Crippen LogP contribution in [0.1, 0.15) is 24.0 Å². The summed E-state index contributed by atoms with van der Waals surface area (Å²) in [5, 5.41) is 9.22. The Morgan fingerprint density at radius 2 is 2.10 bits per heavy atom. The molecule has 2 N–H and O–H groups in total. The summed E-state index contributed by atoms with van der Waals surface area (Å²) in [6, 6.07) is 15.2. The molecular formula is C22H20N4O3. The maximum Gasteiger partial charge on any atom is 0.264 e. The largest absolute Gasteiger partial charge is 0.487 e. The number of likely N-dealkylation sites (N-methyl/N-ethyl adjacent to an activating group) is 1. The van der Waals surface area contributed by atoms with Gasteiger partial charge in [0.05, 0.1) is 11.6 Å². The monoisotopic (exact) mass is 388 g/mol. The minimum absolute atomic E-state index is 0.174. The molecule has 1 saturated heterocycles. The second-order valence-corrected chi connectivity index (χ2v) is 7.59. The van der Waals surface area contributed by atoms with Crippen molar-refractivity contribution >= 4 is 11.9 Å². The van der Waals surface area contributed by atoms with E-state index in [1.165, 1.54) is 4.90 Å². The lowest BCUT2D eigenvalue weighted by Crippen LogP contribution is -2.58. The van der Waals surface area contributed by atoms with Crippen LogP contribution < -0.4 is 10.5 Å². The maximum atomic E-state index is 13.4. The molecule has 7 nitrogen and oxygen atoms in total. The van der Waals surface area contributed by atoms with E-state index < -0.39 is 11.6 Å². The predicted octanol–water partition coefficient (Wildman–Crippen LogP) is 2.15. The van der Waals surface area contributed by atoms with Gasteiger partial charge in [0.2, 0.25) is 5.54 Å². The van der Waals surface area contributed by atoms with Crippen molar-refractivity contribution in [3.63, 3.8) is 0 Å². The maximum absolute atomic E-state index is 13.4. The van der Waals surface area contributed by atoms with E-state index >= 15 is 0 Å². The van der Waals surface area contributed by atoms with Crippen LogP contribution in [0.15, 0.2) is 47.5 Å². The van der Waals surface area contributed by atoms with Crippen LogP contribution in [0.25, 0.3) is 11.1 Å². The summed E-state index contributed by atoms with van der Waals surface area (Å²) in [5.41, 5.74) is 7.78. The molecule has 2 aromatic rings. The highest BCUT2D eigenvalue weighted by Crippen LogP contribution is 2.49. The molecule has 0 aliphatic carbocycles. The van der Waals surface area contributed by atoms with Gasteiger partial charge in [0.1, 0.15) is 18.0 Å². The van der Waals surface area contributed by atoms with Gasteiger partial charge in [-0.3, -0.25) is 9.69 Å². The molecule has 0 bridgehead atoms. The van der Waals surface area contributed by atoms with E-state index in [1.807, 2.05) is 36.4 Å². The third kappa shape index (κ3) is 2.46. The van der Waals surface area contributed by atoms with E-state index in [9.17, 15) is 10.1 Å². The predicted molar refractivity (Wildman–Crippen MR) is 106 cm³/mol. The average molecular weight is 388 g/mol. The molecule has 1 fully saturated rings. The highest BCUT2D eigenvalue weighted by molar-refractivity contribution is 6.08. The molecule has 3 heterocycles. The van der Waals surface area contributed by atoms with Gasteiger partial charge in [-0.25, -0.2) is 4.99 Å². The Morgan fingerprint density at radius 3 is 2.86 bits per heavy atom. The Bertz CT molecular complexity index is 1090. The first-order chi connectivity index (χ1) is 14.0. The molecule has 0 aromatic heterocycles. The van der Waals surface area contributed by atoms with E-state index in [-0.39, 0.29) is 18.0 Å². The van der Waals surface area contributed by atoms with Crippen molar-refractivity contribution in [2.45, 2.75) is 30.6 Å². The Balaban J connectivity index is 1.72. The Labute approximate surface area is 168 Å². The van der Waals surface area contributed by atoms with Gasteiger partial charge in [-0.2, -0.15) is 5.26 Å². The second kappa shape index (κ2) is 6.33. The number of carbonyl (C=O) groups excluding carboxylic acids is 1. The highest BCUT2D eigenvalue weighted by atomic mass is 16.5. The SMILES string of the molecule is CN1C(=O)[C@]2(N=C1N)c1cc(-c3cccc(C#N)c3)ccc1O[C@H]1CCCO[C@@H]12. The number of hydrogen-bond donors (Lipinski definition) is 1. The lowest BCUT2D eigenvalue weighted by Gasteiger charge is -2.45. The van der Waals surface area contributed by atoms with Crippen molar-refractivity contribution in [3.05, 3.63) is 53.6 Å². The molecular weight excluding hydrogens is 368 g/mol. The Morgan fingerprint density at radius 1 is 1.28 bits per heavy atom. The Kier molecular flexibility index (Phi) is 3.86. The number of amides is 1. The number of aliphatic imine (C=N–C) groups is 1. The summed E-state index contributed by atoms with van der Waals surface area (Å²) >= 11 is 0. The zero-order valence-corrected chi connectivity index (χ0v) is 16.0. The number of carbonyl (C=O) groups is 1. The third-order valence-corrected chi connectivity index (χ3v) is 5.94. The second-order valence-electron chi connectivity index (χ2n) is 7.59. The van der Waals surface area contributed by atoms with Crippen molar-refractivity contribution in [2.24, 2.45) is 10.7 Å². The van der Waals surface area contributed by atoms with Crippen LogP contribution in [0, 0.1) is 11.3 Å². The van der Waals surface area contributed by atoms with Gasteiger partial charge < -0.3 is 15.2 Å². The van der Waals surface area contributed by atoms with Crippen molar-refractivity contribution in [3.8, 4) is 22.9 Å². The quantitative estimate of drug-likeness (QED) is 0.807. The van der Waals surface area contributed by atoms with Crippen LogP contribution in [-0.4, -0.2) is 42.6 Å². The topological polar surface area (TPSA) is 101 Å². The molecule has 146 valence electrons. The molecule has 29 heavy (non-hydrogen) atoms. The number of nitriles is 1. The van der Waals surface area contributed by atoms with Gasteiger partial charge in [0, 0.05) is 19.2 Å². The summed E-state index contributed by atoms with van der Waals surface area (Å²) in [6.07, 6.45) is 0.885. The third-order valence-electron chi connectivity index (χ3n) is 5.94. The normalized spacial score (nSPS) is 27.7. The summed E-state index contributed by atoms with van der Waals surface area (Å²) in [7, 11) is 1.63. The molecule has 7 heteroatoms. The fraction of sp³-hybridized carbons (Fsp3) is 0.318. The first-order valence-corrected chi connectivity index (χ1v) is 9.61. The number of fused-ring (bicyclic) bond motifs is 4. The minimum Gasteiger partial charge on any atom is -0.487 e. The fourth-order valence-corrected chi connectivity index (χ4v) is 4.48. The van der Waals surface area contributed by atoms with Crippen LogP contribution in [0.3, 0.4) is 0 Å². The summed E-state index contributed by atoms with van der Waals surface area (Å²) < 4.78 is 12.3. The standard InChI is InChI=1S/C22H20N4O3/c1-26-20(27)22(25-21(26)24)16-11-15(14-5-2-4-13(10-14)12-23)7-8-17(16)29-18-6-3-9-28-19(18)22/h2,4-5,7-8,10-11,18-19H,3,6,9H2,1H3,(H2,24,25)/t18-,19-,22-/m0/s1. The Hall–Kier alpha value is -3.37. The average Bonchev–Trinajstić information content (AvgIpc) is 2.98. The zero-order valence-electron chi connectivity index (χ0n) is 16.0. The number of hydrogen-bond acceptors (Lipinski definition) is 6. The van der Waals surface area contributed by atoms with Gasteiger partial charge in [0.15, 0.2) is 5.96 Å². The first kappa shape index (κ1) is 17.7. The molecule has 0 radical (unpaired) electrons. The number of nitrogens with zero attached hydrogens (tertiary/aromatic N) is 3. The molecule has 1 spiro atoms. The van der Waals surface area contributed by atoms with Gasteiger partial charge in [-0.1, -0.05) is 18.2 Å². The number of benzene rings is 2. The fourth-order valence-electron chi connectivity index (χ4n) is 4.48. The summed E-state index contributed by atoms with van der Waals surface area (Å²) in [5.74, 6) is 0.587. The molecule has 0 unspecified atom stereocenters. The van der Waals surface area contributed by atoms with E-state index in [1.54, 1.807) is 13.1 Å². The van der Waals surface area contributed by atoms with Crippen LogP contribution in [0.2, 0.25) is 0 Å². The van der Waals surface area contributed by atoms with Gasteiger partial charge in [-0.15, -0.1) is 0 Å². The van der Waals surface area contributed by atoms with Crippen molar-refractivity contribution < 1.29 is 14.3 Å². The molecule has 5 rings (SSSR count). The van der Waals surface area contributed by atoms with Crippen LogP contribution in [-0.2, 0) is 15.1 Å². The zero-order chi connectivity index (χ0) is 20.2. The molecule has 1 amide bonds. The van der Waals surface area contributed by atoms with Gasteiger partial charge in [-0.05, 0) is 48.2 Å². The molecule has 3 aliphatic rings. The van der Waals surface area contributed by atoms with Crippen LogP contribution >= 0.6 is 0 Å². The lowest BCUT2D eigenvalue weighted by molar-refractivity contribution is -0.151. The van der Waals surface area contributed by atoms with E-state index in [0.29, 0.717) is 23.5 Å². The smallest absolute Gasteiger partial charge is 0.264 e. The highest BCUT2D eigenvalue weighted by Gasteiger charge is 2.61. The van der Waals surface area contributed by atoms with Crippen molar-refractivity contribution in [2.75, 3.05) is 13.7 Å². The van der Waals surface area contributed by atoms with Gasteiger partial charge >= 0.3 is 0 Å². The van der Waals surface area contributed by atoms with Crippen LogP contribution in [0.4, 0.5) is 0 Å². The minimum atomic E-state index is -1.25. The molecule has 3 aliphatic heterocycles. The molecule has 0 saturated carbocycles. The summed E-state index contributed by atoms with van der Waals surface area (Å²) in [6.45, 7) is 0.554. The van der Waals surface area contributed by atoms with Crippen molar-refractivity contribution in [1.29, 1.82) is 5.26 Å². The molecule has 2 aromatic carbocycles. The van der Waals surface area contributed by atoms with Crippen molar-refractivity contribution in [1.82, 2.24) is 4.90 Å². The number of nitrogens with two attached hydrogens (primary N) is 1. The van der Waals surface area contributed by atoms with E-state index in [4.69, 9.17) is 15.2 Å². The summed E-state index contributed by atoms with van der Waals surface area (Å²) in [4.78, 5) is 19.4. The lowest BCUT2D eigenvalue weighted by atomic mass is 9.76. The van der Waals surface area contributed by atoms with Crippen LogP contribution in [0.5, 0.6) is 5.75 Å².